The van der Waals surface area contributed by atoms with E-state index in [0.717, 1.165) is 21.7 Å². The van der Waals surface area contributed by atoms with Crippen molar-refractivity contribution < 1.29 is 0 Å². The van der Waals surface area contributed by atoms with Crippen molar-refractivity contribution in [3.63, 3.8) is 0 Å². The van der Waals surface area contributed by atoms with Crippen LogP contribution in [-0.2, 0) is 5.88 Å². The lowest BCUT2D eigenvalue weighted by Crippen LogP contribution is -2.16. The van der Waals surface area contributed by atoms with Gasteiger partial charge in [0.15, 0.2) is 0 Å². The van der Waals surface area contributed by atoms with E-state index in [1.165, 1.54) is 31.2 Å². The molecule has 0 amide bonds. The molecule has 4 heteroatoms. The van der Waals surface area contributed by atoms with Crippen molar-refractivity contribution in [1.82, 2.24) is 9.55 Å². The van der Waals surface area contributed by atoms with E-state index in [4.69, 9.17) is 11.6 Å². The first kappa shape index (κ1) is 13.4. The Balaban J connectivity index is 2.11. The van der Waals surface area contributed by atoms with Gasteiger partial charge in [0.2, 0.25) is 0 Å². The number of fused-ring (bicyclic) bond motifs is 1. The Morgan fingerprint density at radius 1 is 1.42 bits per heavy atom. The molecule has 102 valence electrons. The van der Waals surface area contributed by atoms with Gasteiger partial charge in [-0.05, 0) is 43.9 Å². The van der Waals surface area contributed by atoms with Crippen LogP contribution in [0.4, 0.5) is 0 Å². The van der Waals surface area contributed by atoms with E-state index >= 15 is 0 Å². The van der Waals surface area contributed by atoms with Crippen LogP contribution in [0.3, 0.4) is 0 Å². The van der Waals surface area contributed by atoms with Crippen LogP contribution in [0.1, 0.15) is 44.5 Å². The molecule has 0 saturated heterocycles. The van der Waals surface area contributed by atoms with Crippen molar-refractivity contribution in [1.29, 1.82) is 0 Å². The molecule has 1 aromatic heterocycles. The molecular weight excluding hydrogens is 324 g/mol. The Morgan fingerprint density at radius 2 is 2.16 bits per heavy atom. The van der Waals surface area contributed by atoms with Gasteiger partial charge in [0.25, 0.3) is 0 Å². The molecule has 1 heterocycles. The number of hydrogen-bond donors (Lipinski definition) is 0. The van der Waals surface area contributed by atoms with E-state index in [-0.39, 0.29) is 0 Å². The van der Waals surface area contributed by atoms with Gasteiger partial charge in [-0.15, -0.1) is 11.6 Å². The molecule has 3 rings (SSSR count). The zero-order valence-corrected chi connectivity index (χ0v) is 13.4. The zero-order chi connectivity index (χ0) is 13.4. The third-order valence-corrected chi connectivity index (χ3v) is 5.07. The molecule has 0 N–H and O–H groups in total. The number of rotatable bonds is 3. The third kappa shape index (κ3) is 2.43. The van der Waals surface area contributed by atoms with Gasteiger partial charge in [0, 0.05) is 10.5 Å². The van der Waals surface area contributed by atoms with Crippen molar-refractivity contribution >= 4 is 38.6 Å². The van der Waals surface area contributed by atoms with Gasteiger partial charge in [0.1, 0.15) is 5.82 Å². The molecule has 0 aliphatic heterocycles. The summed E-state index contributed by atoms with van der Waals surface area (Å²) in [5.41, 5.74) is 2.24. The maximum absolute atomic E-state index is 6.10. The lowest BCUT2D eigenvalue weighted by Gasteiger charge is -2.23. The summed E-state index contributed by atoms with van der Waals surface area (Å²) in [6.45, 7) is 2.31. The number of halogens is 2. The van der Waals surface area contributed by atoms with Crippen molar-refractivity contribution in [3.05, 3.63) is 28.5 Å². The van der Waals surface area contributed by atoms with Gasteiger partial charge in [-0.1, -0.05) is 28.8 Å². The molecule has 0 bridgehead atoms. The van der Waals surface area contributed by atoms with Crippen LogP contribution < -0.4 is 0 Å². The predicted octanol–water partition coefficient (Wildman–Crippen LogP) is 5.29. The molecular formula is C15H18BrClN2. The normalized spacial score (nSPS) is 18.3. The Hall–Kier alpha value is -0.540. The van der Waals surface area contributed by atoms with Crippen molar-refractivity contribution in [2.75, 3.05) is 0 Å². The molecule has 1 saturated carbocycles. The molecule has 2 nitrogen and oxygen atoms in total. The van der Waals surface area contributed by atoms with Gasteiger partial charge >= 0.3 is 0 Å². The fourth-order valence-corrected chi connectivity index (χ4v) is 3.85. The van der Waals surface area contributed by atoms with E-state index in [2.05, 4.69) is 44.5 Å². The molecule has 1 atom stereocenters. The Kier molecular flexibility index (Phi) is 3.86. The van der Waals surface area contributed by atoms with Crippen LogP contribution in [-0.4, -0.2) is 9.55 Å². The summed E-state index contributed by atoms with van der Waals surface area (Å²) in [4.78, 5) is 4.67. The Morgan fingerprint density at radius 3 is 2.84 bits per heavy atom. The molecule has 2 aromatic rings. The predicted molar refractivity (Wildman–Crippen MR) is 83.7 cm³/mol. The van der Waals surface area contributed by atoms with E-state index in [1.54, 1.807) is 0 Å². The smallest absolute Gasteiger partial charge is 0.125 e. The van der Waals surface area contributed by atoms with E-state index in [0.29, 0.717) is 11.9 Å². The SMILES string of the molecule is CC(C1CCCC1)n1c(CCl)nc2ccc(Br)cc21. The van der Waals surface area contributed by atoms with Gasteiger partial charge < -0.3 is 4.57 Å². The molecule has 0 spiro atoms. The summed E-state index contributed by atoms with van der Waals surface area (Å²) in [6.07, 6.45) is 5.39. The molecule has 1 aliphatic carbocycles. The minimum Gasteiger partial charge on any atom is -0.324 e. The molecule has 1 fully saturated rings. The maximum Gasteiger partial charge on any atom is 0.125 e. The van der Waals surface area contributed by atoms with Crippen molar-refractivity contribution in [2.24, 2.45) is 5.92 Å². The van der Waals surface area contributed by atoms with Crippen molar-refractivity contribution in [2.45, 2.75) is 44.5 Å². The molecule has 0 radical (unpaired) electrons. The number of benzene rings is 1. The lowest BCUT2D eigenvalue weighted by atomic mass is 9.99. The Labute approximate surface area is 127 Å². The fourth-order valence-electron chi connectivity index (χ4n) is 3.32. The van der Waals surface area contributed by atoms with Crippen LogP contribution in [0.2, 0.25) is 0 Å². The minimum absolute atomic E-state index is 0.476. The molecule has 1 aromatic carbocycles. The number of imidazole rings is 1. The van der Waals surface area contributed by atoms with E-state index in [1.807, 2.05) is 6.07 Å². The quantitative estimate of drug-likeness (QED) is 0.694. The standard InChI is InChI=1S/C15H18BrClN2/c1-10(11-4-2-3-5-11)19-14-8-12(16)6-7-13(14)18-15(19)9-17/h6-8,10-11H,2-5,9H2,1H3. The summed E-state index contributed by atoms with van der Waals surface area (Å²) in [5, 5.41) is 0. The number of hydrogen-bond acceptors (Lipinski definition) is 1. The first-order chi connectivity index (χ1) is 9.20. The summed E-state index contributed by atoms with van der Waals surface area (Å²) >= 11 is 9.66. The highest BCUT2D eigenvalue weighted by Crippen LogP contribution is 2.37. The van der Waals surface area contributed by atoms with Crippen LogP contribution in [0.25, 0.3) is 11.0 Å². The molecule has 19 heavy (non-hydrogen) atoms. The monoisotopic (exact) mass is 340 g/mol. The maximum atomic E-state index is 6.10. The highest BCUT2D eigenvalue weighted by atomic mass is 79.9. The minimum atomic E-state index is 0.476. The average molecular weight is 342 g/mol. The van der Waals surface area contributed by atoms with Gasteiger partial charge in [0.05, 0.1) is 16.9 Å². The first-order valence-corrected chi connectivity index (χ1v) is 8.26. The molecule has 1 unspecified atom stereocenters. The summed E-state index contributed by atoms with van der Waals surface area (Å²) in [6, 6.07) is 6.74. The number of nitrogens with zero attached hydrogens (tertiary/aromatic N) is 2. The van der Waals surface area contributed by atoms with Crippen LogP contribution in [0, 0.1) is 5.92 Å². The highest BCUT2D eigenvalue weighted by Gasteiger charge is 2.25. The second-order valence-corrected chi connectivity index (χ2v) is 6.63. The van der Waals surface area contributed by atoms with E-state index < -0.39 is 0 Å². The number of aromatic nitrogens is 2. The summed E-state index contributed by atoms with van der Waals surface area (Å²) in [7, 11) is 0. The largest absolute Gasteiger partial charge is 0.324 e. The van der Waals surface area contributed by atoms with E-state index in [9.17, 15) is 0 Å². The Bertz CT molecular complexity index is 587. The summed E-state index contributed by atoms with van der Waals surface area (Å²) in [5.74, 6) is 2.23. The lowest BCUT2D eigenvalue weighted by molar-refractivity contribution is 0.362. The van der Waals surface area contributed by atoms with Gasteiger partial charge in [-0.3, -0.25) is 0 Å². The third-order valence-electron chi connectivity index (χ3n) is 4.33. The second kappa shape index (κ2) is 5.45. The van der Waals surface area contributed by atoms with Crippen LogP contribution >= 0.6 is 27.5 Å². The topological polar surface area (TPSA) is 17.8 Å². The van der Waals surface area contributed by atoms with Crippen LogP contribution in [0.5, 0.6) is 0 Å². The van der Waals surface area contributed by atoms with Crippen LogP contribution in [0.15, 0.2) is 22.7 Å². The first-order valence-electron chi connectivity index (χ1n) is 6.93. The second-order valence-electron chi connectivity index (χ2n) is 5.45. The van der Waals surface area contributed by atoms with Gasteiger partial charge in [-0.25, -0.2) is 4.98 Å². The zero-order valence-electron chi connectivity index (χ0n) is 11.1. The fraction of sp³-hybridized carbons (Fsp3) is 0.533. The highest BCUT2D eigenvalue weighted by molar-refractivity contribution is 9.10. The van der Waals surface area contributed by atoms with Crippen molar-refractivity contribution in [3.8, 4) is 0 Å². The molecule has 1 aliphatic rings. The average Bonchev–Trinajstić information content (AvgIpc) is 3.04. The van der Waals surface area contributed by atoms with Gasteiger partial charge in [-0.2, -0.15) is 0 Å². The number of alkyl halides is 1. The summed E-state index contributed by atoms with van der Waals surface area (Å²) < 4.78 is 3.45.